The molecule has 0 heterocycles. The van der Waals surface area contributed by atoms with Crippen LogP contribution in [0, 0.1) is 5.92 Å². The van der Waals surface area contributed by atoms with Gasteiger partial charge in [-0.1, -0.05) is 25.7 Å². The molecule has 1 rings (SSSR count). The van der Waals surface area contributed by atoms with Crippen molar-refractivity contribution >= 4 is 0 Å². The van der Waals surface area contributed by atoms with E-state index < -0.39 is 13.0 Å². The number of rotatable bonds is 8. The van der Waals surface area contributed by atoms with Gasteiger partial charge in [0.05, 0.1) is 0 Å². The number of halogens is 2. The van der Waals surface area contributed by atoms with Crippen molar-refractivity contribution in [2.45, 2.75) is 51.0 Å². The lowest BCUT2D eigenvalue weighted by atomic mass is 9.97. The van der Waals surface area contributed by atoms with E-state index in [1.807, 2.05) is 0 Å². The second-order valence-electron chi connectivity index (χ2n) is 4.50. The number of alkyl halides is 2. The zero-order valence-corrected chi connectivity index (χ0v) is 9.63. The van der Waals surface area contributed by atoms with Crippen molar-refractivity contribution < 1.29 is 13.5 Å². The van der Waals surface area contributed by atoms with Gasteiger partial charge < -0.3 is 4.74 Å². The second kappa shape index (κ2) is 7.92. The molecule has 3 nitrogen and oxygen atoms in total. The molecule has 0 aromatic heterocycles. The molecule has 16 heavy (non-hydrogen) atoms. The molecule has 0 bridgehead atoms. The van der Waals surface area contributed by atoms with Crippen LogP contribution >= 0.6 is 0 Å². The van der Waals surface area contributed by atoms with Gasteiger partial charge in [-0.15, -0.1) is 0 Å². The van der Waals surface area contributed by atoms with Crippen LogP contribution in [0.1, 0.15) is 38.5 Å². The average Bonchev–Trinajstić information content (AvgIpc) is 2.75. The van der Waals surface area contributed by atoms with Gasteiger partial charge in [-0.05, 0) is 18.8 Å². The summed E-state index contributed by atoms with van der Waals surface area (Å²) in [5.74, 6) is 6.19. The summed E-state index contributed by atoms with van der Waals surface area (Å²) in [4.78, 5) is 0. The first-order valence-electron chi connectivity index (χ1n) is 6.04. The topological polar surface area (TPSA) is 47.3 Å². The number of hydrogen-bond acceptors (Lipinski definition) is 3. The smallest absolute Gasteiger partial charge is 0.261 e. The predicted octanol–water partition coefficient (Wildman–Crippen LogP) is 2.07. The van der Waals surface area contributed by atoms with Crippen molar-refractivity contribution in [3.8, 4) is 0 Å². The molecule has 0 aromatic rings. The molecule has 5 heteroatoms. The summed E-state index contributed by atoms with van der Waals surface area (Å²) in [6, 6.07) is 0.195. The fourth-order valence-electron chi connectivity index (χ4n) is 2.32. The molecule has 1 saturated carbocycles. The Hall–Kier alpha value is -0.260. The Morgan fingerprint density at radius 2 is 2.00 bits per heavy atom. The van der Waals surface area contributed by atoms with Crippen LogP contribution in [-0.4, -0.2) is 25.7 Å². The predicted molar refractivity (Wildman–Crippen MR) is 59.1 cm³/mol. The van der Waals surface area contributed by atoms with Crippen LogP contribution in [0.5, 0.6) is 0 Å². The van der Waals surface area contributed by atoms with Gasteiger partial charge in [0.1, 0.15) is 6.61 Å². The summed E-state index contributed by atoms with van der Waals surface area (Å²) < 4.78 is 28.5. The maximum absolute atomic E-state index is 11.8. The number of hydrazine groups is 1. The van der Waals surface area contributed by atoms with E-state index >= 15 is 0 Å². The van der Waals surface area contributed by atoms with E-state index in [4.69, 9.17) is 10.6 Å². The molecule has 0 saturated heterocycles. The standard InChI is InChI=1S/C11H22F2N2O/c12-11(13)8-16-6-5-10(15-14)7-9-3-1-2-4-9/h9-11,15H,1-8,14H2. The Bertz CT molecular complexity index is 175. The summed E-state index contributed by atoms with van der Waals surface area (Å²) in [6.07, 6.45) is 4.53. The van der Waals surface area contributed by atoms with Crippen molar-refractivity contribution in [1.29, 1.82) is 0 Å². The molecule has 1 aliphatic rings. The van der Waals surface area contributed by atoms with Crippen molar-refractivity contribution in [2.24, 2.45) is 11.8 Å². The van der Waals surface area contributed by atoms with Crippen molar-refractivity contribution in [2.75, 3.05) is 13.2 Å². The van der Waals surface area contributed by atoms with E-state index in [0.29, 0.717) is 13.0 Å². The van der Waals surface area contributed by atoms with Gasteiger partial charge in [0, 0.05) is 12.6 Å². The Morgan fingerprint density at radius 3 is 2.56 bits per heavy atom. The summed E-state index contributed by atoms with van der Waals surface area (Å²) in [5.41, 5.74) is 2.75. The van der Waals surface area contributed by atoms with Crippen LogP contribution < -0.4 is 11.3 Å². The fraction of sp³-hybridized carbons (Fsp3) is 1.00. The highest BCUT2D eigenvalue weighted by molar-refractivity contribution is 4.74. The Labute approximate surface area is 95.7 Å². The van der Waals surface area contributed by atoms with Crippen LogP contribution in [0.15, 0.2) is 0 Å². The van der Waals surface area contributed by atoms with Crippen LogP contribution in [0.4, 0.5) is 8.78 Å². The summed E-state index contributed by atoms with van der Waals surface area (Å²) >= 11 is 0. The normalized spacial score (nSPS) is 19.5. The monoisotopic (exact) mass is 236 g/mol. The molecule has 1 aliphatic carbocycles. The Kier molecular flexibility index (Phi) is 6.84. The first-order valence-corrected chi connectivity index (χ1v) is 6.04. The number of nitrogens with two attached hydrogens (primary N) is 1. The van der Waals surface area contributed by atoms with Crippen LogP contribution in [0.3, 0.4) is 0 Å². The van der Waals surface area contributed by atoms with E-state index in [1.54, 1.807) is 0 Å². The maximum Gasteiger partial charge on any atom is 0.261 e. The van der Waals surface area contributed by atoms with E-state index in [1.165, 1.54) is 25.7 Å². The maximum atomic E-state index is 11.8. The first kappa shape index (κ1) is 13.8. The van der Waals surface area contributed by atoms with E-state index in [-0.39, 0.29) is 6.04 Å². The lowest BCUT2D eigenvalue weighted by Crippen LogP contribution is -2.37. The quantitative estimate of drug-likeness (QED) is 0.385. The van der Waals surface area contributed by atoms with Gasteiger partial charge in [0.15, 0.2) is 0 Å². The molecule has 0 aliphatic heterocycles. The van der Waals surface area contributed by atoms with Gasteiger partial charge >= 0.3 is 0 Å². The fourth-order valence-corrected chi connectivity index (χ4v) is 2.32. The van der Waals surface area contributed by atoms with E-state index in [2.05, 4.69) is 5.43 Å². The minimum Gasteiger partial charge on any atom is -0.375 e. The molecule has 0 radical (unpaired) electrons. The van der Waals surface area contributed by atoms with Crippen molar-refractivity contribution in [3.05, 3.63) is 0 Å². The van der Waals surface area contributed by atoms with E-state index in [9.17, 15) is 8.78 Å². The highest BCUT2D eigenvalue weighted by Gasteiger charge is 2.19. The molecule has 1 atom stereocenters. The Morgan fingerprint density at radius 1 is 1.31 bits per heavy atom. The van der Waals surface area contributed by atoms with Gasteiger partial charge in [0.2, 0.25) is 0 Å². The molecule has 3 N–H and O–H groups in total. The largest absolute Gasteiger partial charge is 0.375 e. The zero-order chi connectivity index (χ0) is 11.8. The molecule has 1 fully saturated rings. The molecule has 0 spiro atoms. The second-order valence-corrected chi connectivity index (χ2v) is 4.50. The van der Waals surface area contributed by atoms with E-state index in [0.717, 1.165) is 12.3 Å². The third-order valence-corrected chi connectivity index (χ3v) is 3.18. The minimum atomic E-state index is -2.38. The highest BCUT2D eigenvalue weighted by Crippen LogP contribution is 2.28. The molecule has 0 aromatic carbocycles. The Balaban J connectivity index is 2.06. The summed E-state index contributed by atoms with van der Waals surface area (Å²) in [5, 5.41) is 0. The first-order chi connectivity index (χ1) is 7.72. The number of hydrogen-bond donors (Lipinski definition) is 2. The third-order valence-electron chi connectivity index (χ3n) is 3.18. The molecule has 0 amide bonds. The molecule has 96 valence electrons. The minimum absolute atomic E-state index is 0.195. The SMILES string of the molecule is NNC(CCOCC(F)F)CC1CCCC1. The number of nitrogens with one attached hydrogen (secondary N) is 1. The molecular weight excluding hydrogens is 214 g/mol. The third kappa shape index (κ3) is 5.72. The molecular formula is C11H22F2N2O. The number of ether oxygens (including phenoxy) is 1. The molecule has 1 unspecified atom stereocenters. The van der Waals surface area contributed by atoms with Gasteiger partial charge in [-0.25, -0.2) is 8.78 Å². The van der Waals surface area contributed by atoms with Crippen molar-refractivity contribution in [3.63, 3.8) is 0 Å². The average molecular weight is 236 g/mol. The van der Waals surface area contributed by atoms with Gasteiger partial charge in [-0.2, -0.15) is 0 Å². The van der Waals surface area contributed by atoms with Crippen LogP contribution in [-0.2, 0) is 4.74 Å². The summed E-state index contributed by atoms with van der Waals surface area (Å²) in [6.45, 7) is -0.118. The van der Waals surface area contributed by atoms with Crippen LogP contribution in [0.25, 0.3) is 0 Å². The summed E-state index contributed by atoms with van der Waals surface area (Å²) in [7, 11) is 0. The van der Waals surface area contributed by atoms with Gasteiger partial charge in [-0.3, -0.25) is 11.3 Å². The van der Waals surface area contributed by atoms with Crippen LogP contribution in [0.2, 0.25) is 0 Å². The highest BCUT2D eigenvalue weighted by atomic mass is 19.3. The van der Waals surface area contributed by atoms with Gasteiger partial charge in [0.25, 0.3) is 6.43 Å². The van der Waals surface area contributed by atoms with Crippen molar-refractivity contribution in [1.82, 2.24) is 5.43 Å². The zero-order valence-electron chi connectivity index (χ0n) is 9.63. The lowest BCUT2D eigenvalue weighted by Gasteiger charge is -2.19. The lowest BCUT2D eigenvalue weighted by molar-refractivity contribution is 0.0138.